The molecule has 5 heteroatoms. The highest BCUT2D eigenvalue weighted by atomic mass is 19.1. The number of carbonyl (C=O) groups is 1. The van der Waals surface area contributed by atoms with Gasteiger partial charge in [0, 0.05) is 5.56 Å². The van der Waals surface area contributed by atoms with Crippen LogP contribution in [0.5, 0.6) is 0 Å². The molecule has 0 unspecified atom stereocenters. The lowest BCUT2D eigenvalue weighted by Crippen LogP contribution is -2.08. The molecule has 0 atom stereocenters. The number of benzene rings is 2. The average molecular weight is 338 g/mol. The van der Waals surface area contributed by atoms with E-state index in [1.54, 1.807) is 29.8 Å². The van der Waals surface area contributed by atoms with Crippen LogP contribution in [0, 0.1) is 12.7 Å². The van der Waals surface area contributed by atoms with Gasteiger partial charge in [0.05, 0.1) is 18.8 Å². The first kappa shape index (κ1) is 16.9. The summed E-state index contributed by atoms with van der Waals surface area (Å²) in [6.07, 6.45) is 0. The number of rotatable bonds is 5. The molecule has 128 valence electrons. The predicted octanol–water partition coefficient (Wildman–Crippen LogP) is 4.22. The molecule has 4 nitrogen and oxygen atoms in total. The molecule has 0 saturated heterocycles. The first-order chi connectivity index (χ1) is 12.1. The fourth-order valence-corrected chi connectivity index (χ4v) is 2.56. The van der Waals surface area contributed by atoms with Crippen molar-refractivity contribution in [2.24, 2.45) is 0 Å². The standard InChI is InChI=1S/C20H19FN2O2/c1-3-25-20(24)18-12-19(16-8-10-17(21)11-9-16)23(22-18)13-15-6-4-14(2)5-7-15/h4-12H,3,13H2,1-2H3. The van der Waals surface area contributed by atoms with Gasteiger partial charge in [-0.1, -0.05) is 29.8 Å². The molecule has 0 aliphatic carbocycles. The molecule has 25 heavy (non-hydrogen) atoms. The third-order valence-corrected chi connectivity index (χ3v) is 3.86. The van der Waals surface area contributed by atoms with E-state index >= 15 is 0 Å². The maximum absolute atomic E-state index is 13.2. The van der Waals surface area contributed by atoms with Crippen LogP contribution in [0.15, 0.2) is 54.6 Å². The van der Waals surface area contributed by atoms with E-state index in [4.69, 9.17) is 4.74 Å². The van der Waals surface area contributed by atoms with E-state index in [0.29, 0.717) is 6.54 Å². The van der Waals surface area contributed by atoms with Gasteiger partial charge in [0.1, 0.15) is 5.82 Å². The van der Waals surface area contributed by atoms with Gasteiger partial charge in [0.2, 0.25) is 0 Å². The van der Waals surface area contributed by atoms with Gasteiger partial charge in [-0.15, -0.1) is 0 Å². The summed E-state index contributed by atoms with van der Waals surface area (Å²) in [5, 5.41) is 4.39. The number of nitrogens with zero attached hydrogens (tertiary/aromatic N) is 2. The van der Waals surface area contributed by atoms with Gasteiger partial charge in [0.15, 0.2) is 5.69 Å². The van der Waals surface area contributed by atoms with Crippen LogP contribution in [0.2, 0.25) is 0 Å². The van der Waals surface area contributed by atoms with Crippen LogP contribution < -0.4 is 0 Å². The number of aryl methyl sites for hydroxylation is 1. The normalized spacial score (nSPS) is 10.7. The van der Waals surface area contributed by atoms with Gasteiger partial charge < -0.3 is 4.74 Å². The van der Waals surface area contributed by atoms with Crippen molar-refractivity contribution in [3.63, 3.8) is 0 Å². The van der Waals surface area contributed by atoms with Crippen LogP contribution in [0.4, 0.5) is 4.39 Å². The van der Waals surface area contributed by atoms with Crippen molar-refractivity contribution < 1.29 is 13.9 Å². The van der Waals surface area contributed by atoms with E-state index in [-0.39, 0.29) is 18.1 Å². The molecule has 1 aromatic heterocycles. The molecule has 2 aromatic carbocycles. The summed E-state index contributed by atoms with van der Waals surface area (Å²) in [6, 6.07) is 15.9. The Morgan fingerprint density at radius 3 is 2.44 bits per heavy atom. The molecular formula is C20H19FN2O2. The summed E-state index contributed by atoms with van der Waals surface area (Å²) in [6.45, 7) is 4.57. The van der Waals surface area contributed by atoms with E-state index < -0.39 is 5.97 Å². The van der Waals surface area contributed by atoms with E-state index in [1.165, 1.54) is 17.7 Å². The van der Waals surface area contributed by atoms with Crippen LogP contribution >= 0.6 is 0 Å². The smallest absolute Gasteiger partial charge is 0.358 e. The highest BCUT2D eigenvalue weighted by Crippen LogP contribution is 2.23. The van der Waals surface area contributed by atoms with Crippen LogP contribution in [0.3, 0.4) is 0 Å². The van der Waals surface area contributed by atoms with Crippen molar-refractivity contribution in [2.45, 2.75) is 20.4 Å². The van der Waals surface area contributed by atoms with Crippen LogP contribution in [0.25, 0.3) is 11.3 Å². The van der Waals surface area contributed by atoms with E-state index in [9.17, 15) is 9.18 Å². The molecule has 3 rings (SSSR count). The minimum Gasteiger partial charge on any atom is -0.461 e. The largest absolute Gasteiger partial charge is 0.461 e. The number of aromatic nitrogens is 2. The summed E-state index contributed by atoms with van der Waals surface area (Å²) in [5.74, 6) is -0.771. The molecule has 1 heterocycles. The number of carbonyl (C=O) groups excluding carboxylic acids is 1. The lowest BCUT2D eigenvalue weighted by molar-refractivity contribution is 0.0518. The monoisotopic (exact) mass is 338 g/mol. The van der Waals surface area contributed by atoms with Gasteiger partial charge in [-0.3, -0.25) is 4.68 Å². The number of hydrogen-bond donors (Lipinski definition) is 0. The Bertz CT molecular complexity index is 868. The number of hydrogen-bond acceptors (Lipinski definition) is 3. The Hall–Kier alpha value is -2.95. The van der Waals surface area contributed by atoms with Crippen LogP contribution in [0.1, 0.15) is 28.5 Å². The molecule has 0 fully saturated rings. The Balaban J connectivity index is 2.00. The Morgan fingerprint density at radius 2 is 1.80 bits per heavy atom. The predicted molar refractivity (Wildman–Crippen MR) is 93.9 cm³/mol. The van der Waals surface area contributed by atoms with E-state index in [1.807, 2.05) is 31.2 Å². The zero-order valence-corrected chi connectivity index (χ0v) is 14.2. The van der Waals surface area contributed by atoms with Crippen molar-refractivity contribution in [2.75, 3.05) is 6.61 Å². The summed E-state index contributed by atoms with van der Waals surface area (Å²) >= 11 is 0. The minimum atomic E-state index is -0.464. The zero-order valence-electron chi connectivity index (χ0n) is 14.2. The Morgan fingerprint density at radius 1 is 1.12 bits per heavy atom. The van der Waals surface area contributed by atoms with E-state index in [2.05, 4.69) is 5.10 Å². The van der Waals surface area contributed by atoms with Gasteiger partial charge >= 0.3 is 5.97 Å². The lowest BCUT2D eigenvalue weighted by atomic mass is 10.1. The number of halogens is 1. The maximum Gasteiger partial charge on any atom is 0.358 e. The zero-order chi connectivity index (χ0) is 17.8. The summed E-state index contributed by atoms with van der Waals surface area (Å²) in [5.41, 5.74) is 4.01. The molecule has 0 radical (unpaired) electrons. The highest BCUT2D eigenvalue weighted by molar-refractivity contribution is 5.88. The fraction of sp³-hybridized carbons (Fsp3) is 0.200. The first-order valence-electron chi connectivity index (χ1n) is 8.13. The minimum absolute atomic E-state index is 0.244. The quantitative estimate of drug-likeness (QED) is 0.654. The number of esters is 1. The lowest BCUT2D eigenvalue weighted by Gasteiger charge is -2.08. The second-order valence-corrected chi connectivity index (χ2v) is 5.79. The molecule has 0 spiro atoms. The SMILES string of the molecule is CCOC(=O)c1cc(-c2ccc(F)cc2)n(Cc2ccc(C)cc2)n1. The van der Waals surface area contributed by atoms with Crippen molar-refractivity contribution in [1.82, 2.24) is 9.78 Å². The molecular weight excluding hydrogens is 319 g/mol. The Kier molecular flexibility index (Phi) is 4.93. The summed E-state index contributed by atoms with van der Waals surface area (Å²) in [4.78, 5) is 12.0. The molecule has 0 amide bonds. The van der Waals surface area contributed by atoms with Crippen molar-refractivity contribution in [3.05, 3.63) is 77.2 Å². The van der Waals surface area contributed by atoms with Gasteiger partial charge in [0.25, 0.3) is 0 Å². The summed E-state index contributed by atoms with van der Waals surface area (Å²) in [7, 11) is 0. The van der Waals surface area contributed by atoms with E-state index in [0.717, 1.165) is 16.8 Å². The molecule has 3 aromatic rings. The fourth-order valence-electron chi connectivity index (χ4n) is 2.56. The van der Waals surface area contributed by atoms with Crippen molar-refractivity contribution >= 4 is 5.97 Å². The molecule has 0 N–H and O–H groups in total. The molecule has 0 bridgehead atoms. The topological polar surface area (TPSA) is 44.1 Å². The second kappa shape index (κ2) is 7.30. The average Bonchev–Trinajstić information content (AvgIpc) is 3.02. The summed E-state index contributed by atoms with van der Waals surface area (Å²) < 4.78 is 20.0. The molecule has 0 aliphatic rings. The number of ether oxygens (including phenoxy) is 1. The van der Waals surface area contributed by atoms with Crippen molar-refractivity contribution in [1.29, 1.82) is 0 Å². The maximum atomic E-state index is 13.2. The molecule has 0 saturated carbocycles. The second-order valence-electron chi connectivity index (χ2n) is 5.79. The van der Waals surface area contributed by atoms with Crippen LogP contribution in [-0.4, -0.2) is 22.4 Å². The third-order valence-electron chi connectivity index (χ3n) is 3.86. The third kappa shape index (κ3) is 3.94. The van der Waals surface area contributed by atoms with Gasteiger partial charge in [-0.2, -0.15) is 5.10 Å². The van der Waals surface area contributed by atoms with Gasteiger partial charge in [-0.25, -0.2) is 9.18 Å². The Labute approximate surface area is 145 Å². The first-order valence-corrected chi connectivity index (χ1v) is 8.13. The van der Waals surface area contributed by atoms with Crippen LogP contribution in [-0.2, 0) is 11.3 Å². The van der Waals surface area contributed by atoms with Gasteiger partial charge in [-0.05, 0) is 49.7 Å². The van der Waals surface area contributed by atoms with Crippen molar-refractivity contribution in [3.8, 4) is 11.3 Å². The molecule has 0 aliphatic heterocycles. The highest BCUT2D eigenvalue weighted by Gasteiger charge is 2.16.